The molecule has 0 aromatic carbocycles. The summed E-state index contributed by atoms with van der Waals surface area (Å²) >= 11 is 0. The van der Waals surface area contributed by atoms with Gasteiger partial charge in [0, 0.05) is 5.69 Å². The minimum Gasteiger partial charge on any atom is -0.388 e. The highest BCUT2D eigenvalue weighted by molar-refractivity contribution is 5.59. The smallest absolute Gasteiger partial charge is 0.157 e. The highest BCUT2D eigenvalue weighted by atomic mass is 16.5. The summed E-state index contributed by atoms with van der Waals surface area (Å²) < 4.78 is 5.22. The number of ether oxygens (including phenoxy) is 1. The Morgan fingerprint density at radius 3 is 2.63 bits per heavy atom. The molecule has 2 rings (SSSR count). The molecule has 4 atom stereocenters. The number of hydrogen-bond acceptors (Lipinski definition) is 6. The first-order chi connectivity index (χ1) is 8.95. The minimum atomic E-state index is -1.28. The number of hydrogen-bond donors (Lipinski definition) is 5. The third-order valence-corrected chi connectivity index (χ3v) is 3.40. The number of aliphatic hydroxyl groups is 3. The predicted octanol–water partition coefficient (Wildman–Crippen LogP) is -0.646. The van der Waals surface area contributed by atoms with Gasteiger partial charge in [-0.3, -0.25) is 0 Å². The second-order valence-corrected chi connectivity index (χ2v) is 4.68. The fourth-order valence-corrected chi connectivity index (χ4v) is 2.04. The van der Waals surface area contributed by atoms with Crippen molar-refractivity contribution >= 4 is 5.82 Å². The molecule has 19 heavy (non-hydrogen) atoms. The molecule has 0 bridgehead atoms. The van der Waals surface area contributed by atoms with Gasteiger partial charge in [-0.1, -0.05) is 0 Å². The van der Waals surface area contributed by atoms with Crippen molar-refractivity contribution in [1.82, 2.24) is 4.98 Å². The SMILES string of the molecule is Cc1[nH]c(N[C@@H]2OC[C@@H](O)[C@@H](O)[C@H]2O)c(C#N)c1C. The van der Waals surface area contributed by atoms with Crippen LogP contribution in [0.5, 0.6) is 0 Å². The molecule has 0 radical (unpaired) electrons. The van der Waals surface area contributed by atoms with Gasteiger partial charge in [-0.15, -0.1) is 0 Å². The van der Waals surface area contributed by atoms with Gasteiger partial charge >= 0.3 is 0 Å². The summed E-state index contributed by atoms with van der Waals surface area (Å²) in [5.41, 5.74) is 2.09. The van der Waals surface area contributed by atoms with E-state index in [1.807, 2.05) is 13.8 Å². The zero-order valence-electron chi connectivity index (χ0n) is 10.7. The van der Waals surface area contributed by atoms with E-state index >= 15 is 0 Å². The van der Waals surface area contributed by atoms with Gasteiger partial charge in [-0.05, 0) is 19.4 Å². The number of anilines is 1. The van der Waals surface area contributed by atoms with Gasteiger partial charge in [0.2, 0.25) is 0 Å². The van der Waals surface area contributed by atoms with Crippen LogP contribution in [0.2, 0.25) is 0 Å². The molecule has 5 N–H and O–H groups in total. The van der Waals surface area contributed by atoms with Crippen LogP contribution in [0.4, 0.5) is 5.82 Å². The molecule has 1 aromatic heterocycles. The molecule has 0 spiro atoms. The number of nitrogens with zero attached hydrogens (tertiary/aromatic N) is 1. The topological polar surface area (TPSA) is 122 Å². The van der Waals surface area contributed by atoms with Crippen LogP contribution in [-0.4, -0.2) is 51.5 Å². The monoisotopic (exact) mass is 267 g/mol. The van der Waals surface area contributed by atoms with Gasteiger partial charge in [-0.2, -0.15) is 5.26 Å². The number of aromatic amines is 1. The second-order valence-electron chi connectivity index (χ2n) is 4.68. The lowest BCUT2D eigenvalue weighted by Crippen LogP contribution is -2.55. The van der Waals surface area contributed by atoms with E-state index in [0.717, 1.165) is 11.3 Å². The van der Waals surface area contributed by atoms with Crippen molar-refractivity contribution in [3.8, 4) is 6.07 Å². The highest BCUT2D eigenvalue weighted by Gasteiger charge is 2.38. The Hall–Kier alpha value is -1.59. The Balaban J connectivity index is 2.18. The Kier molecular flexibility index (Phi) is 3.78. The van der Waals surface area contributed by atoms with E-state index in [9.17, 15) is 15.3 Å². The molecule has 1 aliphatic heterocycles. The molecular formula is C12H17N3O4. The fourth-order valence-electron chi connectivity index (χ4n) is 2.04. The molecule has 104 valence electrons. The van der Waals surface area contributed by atoms with E-state index in [4.69, 9.17) is 10.00 Å². The van der Waals surface area contributed by atoms with E-state index in [1.54, 1.807) is 0 Å². The highest BCUT2D eigenvalue weighted by Crippen LogP contribution is 2.24. The van der Waals surface area contributed by atoms with Crippen molar-refractivity contribution in [2.45, 2.75) is 38.4 Å². The molecule has 7 heteroatoms. The van der Waals surface area contributed by atoms with Gasteiger partial charge in [0.1, 0.15) is 30.2 Å². The lowest BCUT2D eigenvalue weighted by atomic mass is 10.0. The van der Waals surface area contributed by atoms with Crippen molar-refractivity contribution < 1.29 is 20.1 Å². The van der Waals surface area contributed by atoms with E-state index < -0.39 is 24.5 Å². The Morgan fingerprint density at radius 1 is 1.32 bits per heavy atom. The normalized spacial score (nSPS) is 30.9. The quantitative estimate of drug-likeness (QED) is 0.485. The number of nitriles is 1. The lowest BCUT2D eigenvalue weighted by molar-refractivity contribution is -0.178. The maximum atomic E-state index is 9.81. The van der Waals surface area contributed by atoms with Crippen molar-refractivity contribution in [3.05, 3.63) is 16.8 Å². The number of nitrogens with one attached hydrogen (secondary N) is 2. The van der Waals surface area contributed by atoms with Gasteiger partial charge in [-0.25, -0.2) is 0 Å². The summed E-state index contributed by atoms with van der Waals surface area (Å²) in [6, 6.07) is 2.07. The van der Waals surface area contributed by atoms with Crippen LogP contribution < -0.4 is 5.32 Å². The molecular weight excluding hydrogens is 250 g/mol. The zero-order valence-corrected chi connectivity index (χ0v) is 10.7. The molecule has 1 aliphatic rings. The number of aliphatic hydroxyl groups excluding tert-OH is 3. The Labute approximate surface area is 110 Å². The van der Waals surface area contributed by atoms with E-state index in [0.29, 0.717) is 11.4 Å². The van der Waals surface area contributed by atoms with E-state index in [-0.39, 0.29) is 6.61 Å². The maximum absolute atomic E-state index is 9.81. The summed E-state index contributed by atoms with van der Waals surface area (Å²) in [5, 5.41) is 40.7. The van der Waals surface area contributed by atoms with E-state index in [2.05, 4.69) is 16.4 Å². The lowest BCUT2D eigenvalue weighted by Gasteiger charge is -2.35. The summed E-state index contributed by atoms with van der Waals surface area (Å²) in [5.74, 6) is 0.435. The second kappa shape index (κ2) is 5.19. The predicted molar refractivity (Wildman–Crippen MR) is 66.4 cm³/mol. The maximum Gasteiger partial charge on any atom is 0.157 e. The van der Waals surface area contributed by atoms with Crippen LogP contribution in [0.1, 0.15) is 16.8 Å². The van der Waals surface area contributed by atoms with Crippen molar-refractivity contribution in [2.75, 3.05) is 11.9 Å². The summed E-state index contributed by atoms with van der Waals surface area (Å²) in [7, 11) is 0. The molecule has 0 unspecified atom stereocenters. The first-order valence-corrected chi connectivity index (χ1v) is 5.97. The van der Waals surface area contributed by atoms with Crippen LogP contribution in [0, 0.1) is 25.2 Å². The van der Waals surface area contributed by atoms with Crippen LogP contribution in [0.3, 0.4) is 0 Å². The van der Waals surface area contributed by atoms with Crippen LogP contribution in [-0.2, 0) is 4.74 Å². The molecule has 2 heterocycles. The minimum absolute atomic E-state index is 0.0869. The molecule has 0 saturated carbocycles. The molecule has 1 aromatic rings. The van der Waals surface area contributed by atoms with Gasteiger partial charge < -0.3 is 30.4 Å². The third-order valence-electron chi connectivity index (χ3n) is 3.40. The Bertz CT molecular complexity index is 508. The molecule has 0 aliphatic carbocycles. The van der Waals surface area contributed by atoms with Gasteiger partial charge in [0.15, 0.2) is 6.23 Å². The average molecular weight is 267 g/mol. The fraction of sp³-hybridized carbons (Fsp3) is 0.583. The number of H-pyrrole nitrogens is 1. The van der Waals surface area contributed by atoms with Gasteiger partial charge in [0.05, 0.1) is 12.2 Å². The summed E-state index contributed by atoms with van der Waals surface area (Å²) in [4.78, 5) is 2.99. The first kappa shape index (κ1) is 13.8. The van der Waals surface area contributed by atoms with Crippen LogP contribution in [0.15, 0.2) is 0 Å². The van der Waals surface area contributed by atoms with Crippen LogP contribution >= 0.6 is 0 Å². The summed E-state index contributed by atoms with van der Waals surface area (Å²) in [6.45, 7) is 3.56. The number of rotatable bonds is 2. The van der Waals surface area contributed by atoms with Crippen LogP contribution in [0.25, 0.3) is 0 Å². The van der Waals surface area contributed by atoms with Crippen molar-refractivity contribution in [2.24, 2.45) is 0 Å². The summed E-state index contributed by atoms with van der Waals surface area (Å²) in [6.07, 6.45) is -4.56. The van der Waals surface area contributed by atoms with Gasteiger partial charge in [0.25, 0.3) is 0 Å². The third kappa shape index (κ3) is 2.43. The Morgan fingerprint density at radius 2 is 2.00 bits per heavy atom. The number of aromatic nitrogens is 1. The molecule has 7 nitrogen and oxygen atoms in total. The standard InChI is InChI=1S/C12H17N3O4/c1-5-6(2)14-11(7(5)3-13)15-12-10(18)9(17)8(16)4-19-12/h8-10,12,14-18H,4H2,1-2H3/t8-,9-,10-,12-/m1/s1. The molecule has 1 saturated heterocycles. The molecule has 1 fully saturated rings. The average Bonchev–Trinajstić information content (AvgIpc) is 2.65. The van der Waals surface area contributed by atoms with Crippen molar-refractivity contribution in [1.29, 1.82) is 5.26 Å². The molecule has 0 amide bonds. The number of aryl methyl sites for hydroxylation is 1. The zero-order chi connectivity index (χ0) is 14.2. The largest absolute Gasteiger partial charge is 0.388 e. The van der Waals surface area contributed by atoms with Crippen molar-refractivity contribution in [3.63, 3.8) is 0 Å². The van der Waals surface area contributed by atoms with E-state index in [1.165, 1.54) is 0 Å². The first-order valence-electron chi connectivity index (χ1n) is 5.97.